The molecule has 1 atom stereocenters. The highest BCUT2D eigenvalue weighted by atomic mass is 31.2. The monoisotopic (exact) mass is 380 g/mol. The van der Waals surface area contributed by atoms with E-state index < -0.39 is 13.4 Å². The van der Waals surface area contributed by atoms with Crippen LogP contribution < -0.4 is 10.1 Å². The zero-order chi connectivity index (χ0) is 19.0. The van der Waals surface area contributed by atoms with Gasteiger partial charge in [-0.05, 0) is 50.6 Å². The fraction of sp³-hybridized carbons (Fsp3) is 0.389. The van der Waals surface area contributed by atoms with Gasteiger partial charge in [0.25, 0.3) is 0 Å². The Labute approximate surface area is 153 Å². The number of pyridine rings is 1. The summed E-state index contributed by atoms with van der Waals surface area (Å²) in [7, 11) is -3.55. The van der Waals surface area contributed by atoms with Crippen molar-refractivity contribution in [3.8, 4) is 11.5 Å². The molecule has 0 aliphatic rings. The molecule has 0 radical (unpaired) electrons. The molecule has 8 heteroatoms. The summed E-state index contributed by atoms with van der Waals surface area (Å²) in [6.45, 7) is 6.21. The minimum Gasteiger partial charge on any atom is -0.504 e. The molecular formula is C18H25N2O5P. The number of phenolic OH excluding ortho intramolecular Hbond substituents is 1. The van der Waals surface area contributed by atoms with Crippen LogP contribution in [-0.4, -0.2) is 29.9 Å². The second kappa shape index (κ2) is 9.57. The molecule has 0 fully saturated rings. The lowest BCUT2D eigenvalue weighted by atomic mass is 10.2. The average Bonchev–Trinajstić information content (AvgIpc) is 2.63. The molecule has 2 rings (SSSR count). The minimum atomic E-state index is -3.55. The van der Waals surface area contributed by atoms with Gasteiger partial charge in [0.1, 0.15) is 0 Å². The van der Waals surface area contributed by atoms with Gasteiger partial charge in [-0.25, -0.2) is 0 Å². The lowest BCUT2D eigenvalue weighted by molar-refractivity contribution is 0.214. The van der Waals surface area contributed by atoms with Crippen LogP contribution in [0.25, 0.3) is 0 Å². The number of nitrogens with zero attached hydrogens (tertiary/aromatic N) is 1. The molecule has 0 aliphatic carbocycles. The summed E-state index contributed by atoms with van der Waals surface area (Å²) in [6, 6.07) is 8.38. The van der Waals surface area contributed by atoms with Crippen LogP contribution in [0, 0.1) is 0 Å². The van der Waals surface area contributed by atoms with E-state index in [0.29, 0.717) is 23.6 Å². The number of aromatic hydroxyl groups is 1. The maximum Gasteiger partial charge on any atom is 0.357 e. The van der Waals surface area contributed by atoms with E-state index in [-0.39, 0.29) is 19.0 Å². The van der Waals surface area contributed by atoms with E-state index in [1.807, 2.05) is 13.0 Å². The summed E-state index contributed by atoms with van der Waals surface area (Å²) in [6.07, 6.45) is 3.28. The Hall–Kier alpha value is -2.08. The van der Waals surface area contributed by atoms with Crippen molar-refractivity contribution in [2.75, 3.05) is 25.1 Å². The Morgan fingerprint density at radius 1 is 1.15 bits per heavy atom. The number of anilines is 1. The SMILES string of the molecule is CCOc1cc(C(Nc2cccnc2)P(=O)(OCC)OCC)ccc1O. The van der Waals surface area contributed by atoms with E-state index >= 15 is 0 Å². The Morgan fingerprint density at radius 2 is 1.88 bits per heavy atom. The highest BCUT2D eigenvalue weighted by molar-refractivity contribution is 7.54. The number of ether oxygens (including phenoxy) is 1. The fourth-order valence-electron chi connectivity index (χ4n) is 2.47. The summed E-state index contributed by atoms with van der Waals surface area (Å²) in [4.78, 5) is 4.07. The molecule has 2 N–H and O–H groups in total. The molecule has 1 heterocycles. The van der Waals surface area contributed by atoms with Crippen molar-refractivity contribution >= 4 is 13.3 Å². The third kappa shape index (κ3) is 4.97. The molecule has 0 bridgehead atoms. The van der Waals surface area contributed by atoms with Crippen molar-refractivity contribution in [2.24, 2.45) is 0 Å². The van der Waals surface area contributed by atoms with Gasteiger partial charge in [0.15, 0.2) is 17.3 Å². The largest absolute Gasteiger partial charge is 0.504 e. The third-order valence-electron chi connectivity index (χ3n) is 3.50. The summed E-state index contributed by atoms with van der Waals surface area (Å²) in [5.74, 6) is -0.465. The number of aromatic nitrogens is 1. The van der Waals surface area contributed by atoms with Crippen LogP contribution in [0.2, 0.25) is 0 Å². The van der Waals surface area contributed by atoms with Gasteiger partial charge < -0.3 is 24.2 Å². The predicted molar refractivity (Wildman–Crippen MR) is 101 cm³/mol. The van der Waals surface area contributed by atoms with Crippen LogP contribution >= 0.6 is 7.60 Å². The molecule has 142 valence electrons. The first-order chi connectivity index (χ1) is 12.5. The molecule has 7 nitrogen and oxygen atoms in total. The van der Waals surface area contributed by atoms with Crippen LogP contribution in [0.4, 0.5) is 5.69 Å². The van der Waals surface area contributed by atoms with E-state index in [1.54, 1.807) is 44.4 Å². The molecule has 1 aromatic heterocycles. The van der Waals surface area contributed by atoms with E-state index in [2.05, 4.69) is 10.3 Å². The number of phenols is 1. The van der Waals surface area contributed by atoms with Crippen molar-refractivity contribution in [1.29, 1.82) is 0 Å². The fourth-order valence-corrected chi connectivity index (χ4v) is 4.39. The summed E-state index contributed by atoms with van der Waals surface area (Å²) in [5.41, 5.74) is 1.28. The summed E-state index contributed by atoms with van der Waals surface area (Å²) < 4.78 is 30.0. The van der Waals surface area contributed by atoms with Gasteiger partial charge >= 0.3 is 7.60 Å². The zero-order valence-electron chi connectivity index (χ0n) is 15.2. The molecule has 1 unspecified atom stereocenters. The standard InChI is InChI=1S/C18H25N2O5P/c1-4-23-17-12-14(9-10-16(17)21)18(20-15-8-7-11-19-13-15)26(22,24-5-2)25-6-3/h7-13,18,20-21H,4-6H2,1-3H3. The topological polar surface area (TPSA) is 89.9 Å². The molecule has 0 spiro atoms. The first kappa shape index (κ1) is 20.2. The first-order valence-corrected chi connectivity index (χ1v) is 10.2. The van der Waals surface area contributed by atoms with Crippen LogP contribution in [-0.2, 0) is 13.6 Å². The lowest BCUT2D eigenvalue weighted by Gasteiger charge is -2.28. The van der Waals surface area contributed by atoms with E-state index in [9.17, 15) is 9.67 Å². The molecule has 26 heavy (non-hydrogen) atoms. The van der Waals surface area contributed by atoms with E-state index in [4.69, 9.17) is 13.8 Å². The number of hydrogen-bond donors (Lipinski definition) is 2. The second-order valence-corrected chi connectivity index (χ2v) is 7.44. The van der Waals surface area contributed by atoms with Gasteiger partial charge in [-0.2, -0.15) is 0 Å². The van der Waals surface area contributed by atoms with Gasteiger partial charge in [-0.3, -0.25) is 9.55 Å². The molecule has 0 amide bonds. The zero-order valence-corrected chi connectivity index (χ0v) is 16.1. The molecule has 2 aromatic rings. The average molecular weight is 380 g/mol. The van der Waals surface area contributed by atoms with Crippen molar-refractivity contribution in [1.82, 2.24) is 4.98 Å². The molecule has 0 aliphatic heterocycles. The van der Waals surface area contributed by atoms with E-state index in [1.165, 1.54) is 6.07 Å². The Morgan fingerprint density at radius 3 is 2.46 bits per heavy atom. The summed E-state index contributed by atoms with van der Waals surface area (Å²) >= 11 is 0. The number of nitrogens with one attached hydrogen (secondary N) is 1. The predicted octanol–water partition coefficient (Wildman–Crippen LogP) is 4.56. The van der Waals surface area contributed by atoms with Crippen molar-refractivity contribution in [3.63, 3.8) is 0 Å². The van der Waals surface area contributed by atoms with Gasteiger partial charge in [0.05, 0.1) is 25.5 Å². The lowest BCUT2D eigenvalue weighted by Crippen LogP contribution is -2.15. The van der Waals surface area contributed by atoms with Gasteiger partial charge in [0, 0.05) is 12.4 Å². The summed E-state index contributed by atoms with van der Waals surface area (Å²) in [5, 5.41) is 13.1. The number of rotatable bonds is 10. The Kier molecular flexibility index (Phi) is 7.45. The van der Waals surface area contributed by atoms with Crippen molar-refractivity contribution < 1.29 is 23.5 Å². The van der Waals surface area contributed by atoms with Crippen LogP contribution in [0.3, 0.4) is 0 Å². The molecule has 1 aromatic carbocycles. The third-order valence-corrected chi connectivity index (χ3v) is 5.79. The van der Waals surface area contributed by atoms with Gasteiger partial charge in [-0.15, -0.1) is 0 Å². The van der Waals surface area contributed by atoms with Crippen LogP contribution in [0.5, 0.6) is 11.5 Å². The van der Waals surface area contributed by atoms with Crippen molar-refractivity contribution in [3.05, 3.63) is 48.3 Å². The maximum atomic E-state index is 13.4. The van der Waals surface area contributed by atoms with Crippen molar-refractivity contribution in [2.45, 2.75) is 26.6 Å². The van der Waals surface area contributed by atoms with Gasteiger partial charge in [0.2, 0.25) is 0 Å². The quantitative estimate of drug-likeness (QED) is 0.584. The Balaban J connectivity index is 2.48. The smallest absolute Gasteiger partial charge is 0.357 e. The highest BCUT2D eigenvalue weighted by Gasteiger charge is 2.37. The number of benzene rings is 1. The Bertz CT molecular complexity index is 732. The second-order valence-electron chi connectivity index (χ2n) is 5.32. The maximum absolute atomic E-state index is 13.4. The van der Waals surface area contributed by atoms with E-state index in [0.717, 1.165) is 0 Å². The normalized spacial score (nSPS) is 12.6. The van der Waals surface area contributed by atoms with Crippen LogP contribution in [0.1, 0.15) is 32.1 Å². The molecular weight excluding hydrogens is 355 g/mol. The van der Waals surface area contributed by atoms with Crippen LogP contribution in [0.15, 0.2) is 42.7 Å². The van der Waals surface area contributed by atoms with Gasteiger partial charge in [-0.1, -0.05) is 6.07 Å². The number of hydrogen-bond acceptors (Lipinski definition) is 7. The molecule has 0 saturated heterocycles. The highest BCUT2D eigenvalue weighted by Crippen LogP contribution is 2.61. The minimum absolute atomic E-state index is 0.0124. The first-order valence-electron chi connectivity index (χ1n) is 8.55. The molecule has 0 saturated carbocycles.